The predicted octanol–water partition coefficient (Wildman–Crippen LogP) is 5.07. The molecule has 0 atom stereocenters. The number of rotatable bonds is 6. The van der Waals surface area contributed by atoms with Gasteiger partial charge in [0.1, 0.15) is 0 Å². The summed E-state index contributed by atoms with van der Waals surface area (Å²) in [5, 5.41) is 3.16. The maximum Gasteiger partial charge on any atom is 0.501 e. The highest BCUT2D eigenvalue weighted by Gasteiger charge is 2.48. The van der Waals surface area contributed by atoms with Gasteiger partial charge in [0.15, 0.2) is 0 Å². The smallest absolute Gasteiger partial charge is 0.353 e. The first-order valence-corrected chi connectivity index (χ1v) is 11.2. The monoisotopic (exact) mass is 430 g/mol. The van der Waals surface area contributed by atoms with Crippen LogP contribution in [-0.2, 0) is 16.3 Å². The molecule has 0 bridgehead atoms. The van der Waals surface area contributed by atoms with Gasteiger partial charge in [0.05, 0.1) is 16.3 Å². The minimum Gasteiger partial charge on any atom is -0.353 e. The van der Waals surface area contributed by atoms with Crippen molar-refractivity contribution in [2.45, 2.75) is 40.5 Å². The molecule has 1 N–H and O–H groups in total. The van der Waals surface area contributed by atoms with Crippen LogP contribution in [0.4, 0.5) is 24.5 Å². The van der Waals surface area contributed by atoms with E-state index in [9.17, 15) is 21.6 Å². The molecule has 0 saturated heterocycles. The molecule has 4 nitrogen and oxygen atoms in total. The second-order valence-electron chi connectivity index (χ2n) is 6.36. The van der Waals surface area contributed by atoms with Crippen LogP contribution in [0.25, 0.3) is 0 Å². The normalized spacial score (nSPS) is 13.8. The van der Waals surface area contributed by atoms with Crippen LogP contribution in [0, 0.1) is 0 Å². The molecule has 9 heteroatoms. The minimum atomic E-state index is -5.45. The molecular weight excluding hydrogens is 409 g/mol. The van der Waals surface area contributed by atoms with E-state index in [-0.39, 0.29) is 12.0 Å². The zero-order valence-corrected chi connectivity index (χ0v) is 17.1. The second-order valence-corrected chi connectivity index (χ2v) is 9.36. The number of alkyl halides is 3. The molecule has 0 radical (unpaired) electrons. The first-order chi connectivity index (χ1) is 13.2. The average molecular weight is 431 g/mol. The van der Waals surface area contributed by atoms with E-state index >= 15 is 0 Å². The maximum atomic E-state index is 13.3. The number of likely N-dealkylation sites (N-methyl/N-ethyl adjacent to an activating group) is 1. The Hall–Kier alpha value is -1.71. The van der Waals surface area contributed by atoms with Crippen LogP contribution in [0.15, 0.2) is 51.1 Å². The van der Waals surface area contributed by atoms with Crippen LogP contribution in [0.1, 0.15) is 19.4 Å². The summed E-state index contributed by atoms with van der Waals surface area (Å²) in [6.45, 7) is 5.86. The van der Waals surface area contributed by atoms with Gasteiger partial charge < -0.3 is 10.2 Å². The summed E-state index contributed by atoms with van der Waals surface area (Å²) in [5.74, 6) is 0. The van der Waals surface area contributed by atoms with Gasteiger partial charge in [0, 0.05) is 16.3 Å². The molecule has 0 fully saturated rings. The summed E-state index contributed by atoms with van der Waals surface area (Å²) in [6, 6.07) is 9.96. The van der Waals surface area contributed by atoms with Crippen molar-refractivity contribution in [3.8, 4) is 0 Å². The molecule has 0 aromatic heterocycles. The number of hydrogen-bond donors (Lipinski definition) is 1. The third-order valence-corrected chi connectivity index (χ3v) is 7.47. The zero-order chi connectivity index (χ0) is 20.5. The summed E-state index contributed by atoms with van der Waals surface area (Å²) in [5.41, 5.74) is -3.96. The number of halogens is 3. The van der Waals surface area contributed by atoms with Crippen LogP contribution in [0.3, 0.4) is 0 Å². The van der Waals surface area contributed by atoms with Crippen LogP contribution < -0.4 is 5.32 Å². The Kier molecular flexibility index (Phi) is 5.97. The zero-order valence-electron chi connectivity index (χ0n) is 15.5. The van der Waals surface area contributed by atoms with Crippen LogP contribution >= 0.6 is 11.8 Å². The fourth-order valence-corrected chi connectivity index (χ4v) is 5.23. The van der Waals surface area contributed by atoms with Crippen molar-refractivity contribution in [3.63, 3.8) is 0 Å². The summed E-state index contributed by atoms with van der Waals surface area (Å²) in [6.07, 6.45) is 0.200. The third kappa shape index (κ3) is 3.88. The van der Waals surface area contributed by atoms with Gasteiger partial charge in [-0.2, -0.15) is 13.2 Å². The van der Waals surface area contributed by atoms with E-state index in [0.717, 1.165) is 34.6 Å². The fourth-order valence-electron chi connectivity index (χ4n) is 3.18. The first-order valence-electron chi connectivity index (χ1n) is 8.92. The molecule has 0 spiro atoms. The van der Waals surface area contributed by atoms with Crippen LogP contribution in [0.2, 0.25) is 0 Å². The van der Waals surface area contributed by atoms with Crippen molar-refractivity contribution in [3.05, 3.63) is 42.0 Å². The van der Waals surface area contributed by atoms with Crippen LogP contribution in [0.5, 0.6) is 0 Å². The number of anilines is 2. The lowest BCUT2D eigenvalue weighted by Gasteiger charge is -2.26. The van der Waals surface area contributed by atoms with E-state index in [1.807, 2.05) is 43.0 Å². The summed E-state index contributed by atoms with van der Waals surface area (Å²) in [4.78, 5) is 3.04. The number of fused-ring (bicyclic) bond motifs is 2. The van der Waals surface area contributed by atoms with Crippen molar-refractivity contribution < 1.29 is 21.6 Å². The highest BCUT2D eigenvalue weighted by atomic mass is 32.2. The van der Waals surface area contributed by atoms with E-state index in [4.69, 9.17) is 0 Å². The Morgan fingerprint density at radius 3 is 2.36 bits per heavy atom. The summed E-state index contributed by atoms with van der Waals surface area (Å²) < 4.78 is 64.3. The largest absolute Gasteiger partial charge is 0.501 e. The molecule has 2 aromatic carbocycles. The first kappa shape index (κ1) is 21.0. The molecule has 152 valence electrons. The third-order valence-electron chi connectivity index (χ3n) is 4.77. The topological polar surface area (TPSA) is 49.4 Å². The van der Waals surface area contributed by atoms with E-state index < -0.39 is 20.2 Å². The number of nitrogens with zero attached hydrogens (tertiary/aromatic N) is 1. The Bertz CT molecular complexity index is 972. The number of hydrogen-bond acceptors (Lipinski definition) is 5. The van der Waals surface area contributed by atoms with Gasteiger partial charge in [-0.3, -0.25) is 0 Å². The minimum absolute atomic E-state index is 0.184. The highest BCUT2D eigenvalue weighted by Crippen LogP contribution is 2.48. The van der Waals surface area contributed by atoms with E-state index in [2.05, 4.69) is 5.32 Å². The Labute approximate surface area is 167 Å². The second kappa shape index (κ2) is 7.96. The van der Waals surface area contributed by atoms with Gasteiger partial charge in [-0.1, -0.05) is 37.7 Å². The van der Waals surface area contributed by atoms with Gasteiger partial charge in [-0.05, 0) is 49.3 Å². The maximum absolute atomic E-state index is 13.3. The van der Waals surface area contributed by atoms with E-state index in [0.29, 0.717) is 12.2 Å². The number of para-hydroxylation sites is 1. The molecule has 1 heterocycles. The van der Waals surface area contributed by atoms with Crippen molar-refractivity contribution in [2.24, 2.45) is 0 Å². The van der Waals surface area contributed by atoms with Gasteiger partial charge in [-0.25, -0.2) is 8.42 Å². The molecule has 28 heavy (non-hydrogen) atoms. The fraction of sp³-hybridized carbons (Fsp3) is 0.368. The molecule has 1 aliphatic heterocycles. The van der Waals surface area contributed by atoms with Crippen LogP contribution in [-0.4, -0.2) is 38.5 Å². The molecule has 2 aromatic rings. The van der Waals surface area contributed by atoms with Crippen molar-refractivity contribution in [1.29, 1.82) is 0 Å². The molecule has 0 aliphatic carbocycles. The summed E-state index contributed by atoms with van der Waals surface area (Å²) >= 11 is 1.42. The SMILES string of the molecule is CCN(CC)CCc1c(S(=O)(=O)C(F)(F)F)ccc2c1Nc1ccccc1S2. The highest BCUT2D eigenvalue weighted by molar-refractivity contribution is 7.99. The molecular formula is C19H21F3N2O2S2. The Balaban J connectivity index is 2.12. The molecule has 1 aliphatic rings. The quantitative estimate of drug-likeness (QED) is 0.592. The number of nitrogens with one attached hydrogen (secondary N) is 1. The lowest BCUT2D eigenvalue weighted by molar-refractivity contribution is -0.0436. The Morgan fingerprint density at radius 2 is 1.71 bits per heavy atom. The van der Waals surface area contributed by atoms with Gasteiger partial charge in [0.2, 0.25) is 0 Å². The van der Waals surface area contributed by atoms with Crippen molar-refractivity contribution in [1.82, 2.24) is 4.90 Å². The Morgan fingerprint density at radius 1 is 1.04 bits per heavy atom. The van der Waals surface area contributed by atoms with Gasteiger partial charge in [-0.15, -0.1) is 0 Å². The van der Waals surface area contributed by atoms with Gasteiger partial charge >= 0.3 is 5.51 Å². The molecule has 3 rings (SSSR count). The van der Waals surface area contributed by atoms with E-state index in [1.54, 1.807) is 0 Å². The summed E-state index contributed by atoms with van der Waals surface area (Å²) in [7, 11) is -5.45. The molecule has 0 amide bonds. The standard InChI is InChI=1S/C19H21F3N2O2S2/c1-3-24(4-2)12-11-13-17(28(25,26)19(20,21)22)10-9-16-18(13)23-14-7-5-6-8-15(14)27-16/h5-10,23H,3-4,11-12H2,1-2H3. The average Bonchev–Trinajstić information content (AvgIpc) is 2.66. The van der Waals surface area contributed by atoms with Crippen molar-refractivity contribution in [2.75, 3.05) is 25.0 Å². The van der Waals surface area contributed by atoms with Crippen molar-refractivity contribution >= 4 is 33.0 Å². The molecule has 0 saturated carbocycles. The van der Waals surface area contributed by atoms with Gasteiger partial charge in [0.25, 0.3) is 9.84 Å². The van der Waals surface area contributed by atoms with E-state index in [1.165, 1.54) is 17.8 Å². The number of benzene rings is 2. The lowest BCUT2D eigenvalue weighted by atomic mass is 10.1. The predicted molar refractivity (Wildman–Crippen MR) is 105 cm³/mol. The molecule has 0 unspecified atom stereocenters. The lowest BCUT2D eigenvalue weighted by Crippen LogP contribution is -2.28. The number of sulfone groups is 1.